The Bertz CT molecular complexity index is 233. The molecule has 2 atom stereocenters. The molecule has 1 heterocycles. The molecule has 1 amide bonds. The Labute approximate surface area is 91.8 Å². The van der Waals surface area contributed by atoms with E-state index >= 15 is 0 Å². The molecule has 4 nitrogen and oxygen atoms in total. The molecule has 1 rings (SSSR count). The van der Waals surface area contributed by atoms with Crippen molar-refractivity contribution in [2.45, 2.75) is 58.2 Å². The average molecular weight is 214 g/mol. The summed E-state index contributed by atoms with van der Waals surface area (Å²) < 4.78 is 5.33. The highest BCUT2D eigenvalue weighted by atomic mass is 16.6. The zero-order chi connectivity index (χ0) is 11.6. The molecule has 1 aliphatic heterocycles. The van der Waals surface area contributed by atoms with E-state index in [1.165, 1.54) is 0 Å². The van der Waals surface area contributed by atoms with Crippen molar-refractivity contribution in [3.05, 3.63) is 0 Å². The third-order valence-corrected chi connectivity index (χ3v) is 2.53. The summed E-state index contributed by atoms with van der Waals surface area (Å²) in [5.74, 6) is 0. The van der Waals surface area contributed by atoms with Crippen LogP contribution in [0.15, 0.2) is 0 Å². The Morgan fingerprint density at radius 1 is 1.53 bits per heavy atom. The maximum Gasteiger partial charge on any atom is 0.410 e. The van der Waals surface area contributed by atoms with Gasteiger partial charge < -0.3 is 15.4 Å². The molecule has 0 aromatic heterocycles. The van der Waals surface area contributed by atoms with E-state index in [0.717, 1.165) is 19.4 Å². The highest BCUT2D eigenvalue weighted by molar-refractivity contribution is 5.69. The van der Waals surface area contributed by atoms with Gasteiger partial charge in [0, 0.05) is 18.6 Å². The van der Waals surface area contributed by atoms with E-state index in [9.17, 15) is 4.79 Å². The molecule has 0 radical (unpaired) electrons. The van der Waals surface area contributed by atoms with Crippen molar-refractivity contribution in [2.24, 2.45) is 5.73 Å². The molecular weight excluding hydrogens is 192 g/mol. The van der Waals surface area contributed by atoms with Crippen molar-refractivity contribution in [2.75, 3.05) is 6.54 Å². The fourth-order valence-electron chi connectivity index (χ4n) is 1.89. The van der Waals surface area contributed by atoms with Crippen LogP contribution in [-0.2, 0) is 4.74 Å². The third kappa shape index (κ3) is 3.38. The van der Waals surface area contributed by atoms with E-state index in [2.05, 4.69) is 0 Å². The molecule has 88 valence electrons. The SMILES string of the molecule is CC(N)C1CCCN1C(=O)OC(C)(C)C. The first-order valence-electron chi connectivity index (χ1n) is 5.56. The van der Waals surface area contributed by atoms with Crippen LogP contribution in [0.5, 0.6) is 0 Å². The van der Waals surface area contributed by atoms with E-state index in [1.807, 2.05) is 27.7 Å². The number of carbonyl (C=O) groups is 1. The van der Waals surface area contributed by atoms with Gasteiger partial charge in [-0.1, -0.05) is 0 Å². The van der Waals surface area contributed by atoms with Crippen molar-refractivity contribution in [3.8, 4) is 0 Å². The van der Waals surface area contributed by atoms with Gasteiger partial charge in [0.25, 0.3) is 0 Å². The van der Waals surface area contributed by atoms with E-state index in [1.54, 1.807) is 4.90 Å². The summed E-state index contributed by atoms with van der Waals surface area (Å²) in [6, 6.07) is 0.153. The minimum atomic E-state index is -0.429. The number of rotatable bonds is 1. The Balaban J connectivity index is 2.59. The predicted molar refractivity (Wildman–Crippen MR) is 59.6 cm³/mol. The van der Waals surface area contributed by atoms with Crippen LogP contribution in [0.1, 0.15) is 40.5 Å². The molecule has 1 fully saturated rings. The van der Waals surface area contributed by atoms with Gasteiger partial charge in [-0.3, -0.25) is 0 Å². The monoisotopic (exact) mass is 214 g/mol. The van der Waals surface area contributed by atoms with Crippen LogP contribution in [0.4, 0.5) is 4.79 Å². The molecule has 4 heteroatoms. The second-order valence-corrected chi connectivity index (χ2v) is 5.24. The summed E-state index contributed by atoms with van der Waals surface area (Å²) in [4.78, 5) is 13.6. The molecule has 0 aliphatic carbocycles. The molecule has 0 aromatic carbocycles. The largest absolute Gasteiger partial charge is 0.444 e. The minimum absolute atomic E-state index is 0.0139. The first kappa shape index (κ1) is 12.3. The van der Waals surface area contributed by atoms with Crippen LogP contribution in [-0.4, -0.2) is 35.2 Å². The number of hydrogen-bond donors (Lipinski definition) is 1. The lowest BCUT2D eigenvalue weighted by Gasteiger charge is -2.30. The van der Waals surface area contributed by atoms with Crippen molar-refractivity contribution in [1.82, 2.24) is 4.90 Å². The van der Waals surface area contributed by atoms with Crippen LogP contribution >= 0.6 is 0 Å². The lowest BCUT2D eigenvalue weighted by atomic mass is 10.1. The highest BCUT2D eigenvalue weighted by Crippen LogP contribution is 2.22. The van der Waals surface area contributed by atoms with E-state index < -0.39 is 5.60 Å². The molecule has 1 saturated heterocycles. The molecule has 2 unspecified atom stereocenters. The standard InChI is InChI=1S/C11H22N2O2/c1-8(12)9-6-5-7-13(9)10(14)15-11(2,3)4/h8-9H,5-7,12H2,1-4H3. The third-order valence-electron chi connectivity index (χ3n) is 2.53. The lowest BCUT2D eigenvalue weighted by molar-refractivity contribution is 0.0211. The van der Waals surface area contributed by atoms with Gasteiger partial charge in [0.05, 0.1) is 0 Å². The number of amides is 1. The van der Waals surface area contributed by atoms with Gasteiger partial charge in [0.15, 0.2) is 0 Å². The maximum atomic E-state index is 11.8. The number of hydrogen-bond acceptors (Lipinski definition) is 3. The number of likely N-dealkylation sites (tertiary alicyclic amines) is 1. The minimum Gasteiger partial charge on any atom is -0.444 e. The molecule has 1 aliphatic rings. The fraction of sp³-hybridized carbons (Fsp3) is 0.909. The summed E-state index contributed by atoms with van der Waals surface area (Å²) in [6.45, 7) is 8.33. The first-order chi connectivity index (χ1) is 6.81. The normalized spacial score (nSPS) is 24.1. The summed E-state index contributed by atoms with van der Waals surface area (Å²) in [5, 5.41) is 0. The Kier molecular flexibility index (Phi) is 3.60. The summed E-state index contributed by atoms with van der Waals surface area (Å²) in [5.41, 5.74) is 5.41. The van der Waals surface area contributed by atoms with Gasteiger partial charge in [0.2, 0.25) is 0 Å². The van der Waals surface area contributed by atoms with Crippen molar-refractivity contribution in [1.29, 1.82) is 0 Å². The topological polar surface area (TPSA) is 55.6 Å². The zero-order valence-electron chi connectivity index (χ0n) is 10.1. The van der Waals surface area contributed by atoms with Gasteiger partial charge in [0.1, 0.15) is 5.60 Å². The Morgan fingerprint density at radius 2 is 2.13 bits per heavy atom. The van der Waals surface area contributed by atoms with E-state index in [0.29, 0.717) is 0 Å². The van der Waals surface area contributed by atoms with Gasteiger partial charge >= 0.3 is 6.09 Å². The highest BCUT2D eigenvalue weighted by Gasteiger charge is 2.33. The molecule has 2 N–H and O–H groups in total. The zero-order valence-corrected chi connectivity index (χ0v) is 10.1. The molecule has 0 bridgehead atoms. The van der Waals surface area contributed by atoms with Gasteiger partial charge in [-0.15, -0.1) is 0 Å². The van der Waals surface area contributed by atoms with Gasteiger partial charge in [-0.05, 0) is 40.5 Å². The van der Waals surface area contributed by atoms with Gasteiger partial charge in [-0.2, -0.15) is 0 Å². The van der Waals surface area contributed by atoms with Crippen LogP contribution < -0.4 is 5.73 Å². The molecule has 15 heavy (non-hydrogen) atoms. The van der Waals surface area contributed by atoms with E-state index in [4.69, 9.17) is 10.5 Å². The van der Waals surface area contributed by atoms with E-state index in [-0.39, 0.29) is 18.2 Å². The molecule has 0 saturated carbocycles. The van der Waals surface area contributed by atoms with Crippen LogP contribution in [0.2, 0.25) is 0 Å². The summed E-state index contributed by atoms with van der Waals surface area (Å²) in [7, 11) is 0. The van der Waals surface area contributed by atoms with Crippen molar-refractivity contribution >= 4 is 6.09 Å². The second kappa shape index (κ2) is 4.39. The predicted octanol–water partition coefficient (Wildman–Crippen LogP) is 1.73. The van der Waals surface area contributed by atoms with Crippen molar-refractivity contribution in [3.63, 3.8) is 0 Å². The van der Waals surface area contributed by atoms with Gasteiger partial charge in [-0.25, -0.2) is 4.79 Å². The first-order valence-corrected chi connectivity index (χ1v) is 5.56. The molecule has 0 spiro atoms. The Morgan fingerprint density at radius 3 is 2.60 bits per heavy atom. The number of ether oxygens (including phenoxy) is 1. The number of nitrogens with two attached hydrogens (primary N) is 1. The molecular formula is C11H22N2O2. The lowest BCUT2D eigenvalue weighted by Crippen LogP contribution is -2.47. The average Bonchev–Trinajstić information content (AvgIpc) is 2.47. The fourth-order valence-corrected chi connectivity index (χ4v) is 1.89. The maximum absolute atomic E-state index is 11.8. The summed E-state index contributed by atoms with van der Waals surface area (Å²) in [6.07, 6.45) is 1.77. The Hall–Kier alpha value is -0.770. The smallest absolute Gasteiger partial charge is 0.410 e. The summed E-state index contributed by atoms with van der Waals surface area (Å²) >= 11 is 0. The van der Waals surface area contributed by atoms with Crippen molar-refractivity contribution < 1.29 is 9.53 Å². The number of nitrogens with zero attached hydrogens (tertiary/aromatic N) is 1. The van der Waals surface area contributed by atoms with Crippen LogP contribution in [0.3, 0.4) is 0 Å². The number of carbonyl (C=O) groups excluding carboxylic acids is 1. The quantitative estimate of drug-likeness (QED) is 0.723. The second-order valence-electron chi connectivity index (χ2n) is 5.24. The van der Waals surface area contributed by atoms with Crippen LogP contribution in [0.25, 0.3) is 0 Å². The molecule has 0 aromatic rings. The van der Waals surface area contributed by atoms with Crippen LogP contribution in [0, 0.1) is 0 Å².